The van der Waals surface area contributed by atoms with Gasteiger partial charge in [0, 0.05) is 20.0 Å². The molecule has 3 rings (SSSR count). The number of esters is 3. The number of nitrogens with zero attached hydrogens (tertiary/aromatic N) is 4. The first-order valence-corrected chi connectivity index (χ1v) is 14.5. The third kappa shape index (κ3) is 8.41. The molecule has 1 saturated heterocycles. The number of hydrogen-bond donors (Lipinski definition) is 2. The molecule has 0 bridgehead atoms. The van der Waals surface area contributed by atoms with Crippen molar-refractivity contribution in [3.8, 4) is 6.07 Å². The Morgan fingerprint density at radius 2 is 1.77 bits per heavy atom. The van der Waals surface area contributed by atoms with Crippen molar-refractivity contribution in [3.63, 3.8) is 0 Å². The predicted octanol–water partition coefficient (Wildman–Crippen LogP) is 1.70. The van der Waals surface area contributed by atoms with E-state index in [1.54, 1.807) is 46.8 Å². The lowest BCUT2D eigenvalue weighted by Crippen LogP contribution is -2.54. The lowest BCUT2D eigenvalue weighted by atomic mass is 9.92. The second kappa shape index (κ2) is 15.8. The molecule has 242 valence electrons. The van der Waals surface area contributed by atoms with Gasteiger partial charge in [0.1, 0.15) is 30.1 Å². The van der Waals surface area contributed by atoms with Gasteiger partial charge in [-0.05, 0) is 19.1 Å². The molecule has 0 radical (unpaired) electrons. The minimum Gasteiger partial charge on any atom is -0.461 e. The topological polar surface area (TPSA) is 199 Å². The number of fused-ring (bicyclic) bond motifs is 1. The first-order valence-electron chi connectivity index (χ1n) is 14.5. The Bertz CT molecular complexity index is 1320. The van der Waals surface area contributed by atoms with Crippen LogP contribution in [-0.2, 0) is 42.8 Å². The normalized spacial score (nSPS) is 17.4. The zero-order valence-electron chi connectivity index (χ0n) is 26.0. The van der Waals surface area contributed by atoms with Gasteiger partial charge in [0.2, 0.25) is 5.60 Å². The van der Waals surface area contributed by atoms with Crippen molar-refractivity contribution in [1.82, 2.24) is 19.9 Å². The smallest absolute Gasteiger partial charge is 0.323 e. The van der Waals surface area contributed by atoms with Gasteiger partial charge in [-0.25, -0.2) is 9.50 Å². The van der Waals surface area contributed by atoms with Gasteiger partial charge in [0.15, 0.2) is 18.0 Å². The van der Waals surface area contributed by atoms with Gasteiger partial charge < -0.3 is 34.2 Å². The fourth-order valence-corrected chi connectivity index (χ4v) is 4.32. The van der Waals surface area contributed by atoms with Crippen LogP contribution in [0.25, 0.3) is 5.52 Å². The summed E-state index contributed by atoms with van der Waals surface area (Å²) in [5.41, 5.74) is 4.70. The van der Waals surface area contributed by atoms with Crippen LogP contribution in [0.4, 0.5) is 5.82 Å². The molecule has 0 unspecified atom stereocenters. The summed E-state index contributed by atoms with van der Waals surface area (Å²) in [7, 11) is 1.25. The third-order valence-electron chi connectivity index (χ3n) is 7.13. The SMILES string of the molecule is CO[C@](C#N)(COCN[C@@H](C)C(=O)OC1CCOCC1)[C@@H](OC(=O)C(C)C)[C@@H](OC(=O)C(C)C)c1ccc2c(N)ncnn12. The molecule has 0 saturated carbocycles. The molecule has 15 nitrogen and oxygen atoms in total. The van der Waals surface area contributed by atoms with Crippen molar-refractivity contribution in [3.05, 3.63) is 24.2 Å². The number of aromatic nitrogens is 3. The molecule has 4 atom stereocenters. The van der Waals surface area contributed by atoms with Crippen LogP contribution in [0.2, 0.25) is 0 Å². The first-order chi connectivity index (χ1) is 20.9. The number of carbonyl (C=O) groups excluding carboxylic acids is 3. The number of nitriles is 1. The lowest BCUT2D eigenvalue weighted by molar-refractivity contribution is -0.201. The molecule has 44 heavy (non-hydrogen) atoms. The van der Waals surface area contributed by atoms with Crippen molar-refractivity contribution in [1.29, 1.82) is 5.26 Å². The van der Waals surface area contributed by atoms with Gasteiger partial charge in [0.05, 0.1) is 44.1 Å². The largest absolute Gasteiger partial charge is 0.461 e. The summed E-state index contributed by atoms with van der Waals surface area (Å²) < 4.78 is 35.4. The molecule has 15 heteroatoms. The summed E-state index contributed by atoms with van der Waals surface area (Å²) in [5, 5.41) is 17.6. The van der Waals surface area contributed by atoms with E-state index in [0.717, 1.165) is 0 Å². The van der Waals surface area contributed by atoms with Crippen molar-refractivity contribution in [2.45, 2.75) is 77.4 Å². The van der Waals surface area contributed by atoms with E-state index < -0.39 is 60.2 Å². The number of rotatable bonds is 15. The number of nitrogen functional groups attached to an aromatic ring is 1. The molecule has 0 aliphatic carbocycles. The molecule has 1 aliphatic rings. The third-order valence-corrected chi connectivity index (χ3v) is 7.13. The maximum absolute atomic E-state index is 13.0. The molecule has 1 aliphatic heterocycles. The van der Waals surface area contributed by atoms with E-state index in [1.165, 1.54) is 18.0 Å². The number of carbonyl (C=O) groups is 3. The van der Waals surface area contributed by atoms with Crippen LogP contribution in [0, 0.1) is 23.2 Å². The zero-order chi connectivity index (χ0) is 32.4. The van der Waals surface area contributed by atoms with Crippen LogP contribution < -0.4 is 11.1 Å². The Morgan fingerprint density at radius 3 is 2.39 bits per heavy atom. The molecule has 3 N–H and O–H groups in total. The second-order valence-electron chi connectivity index (χ2n) is 11.1. The standard InChI is InChI=1S/C29H42N6O9/c1-17(2)26(36)43-23(21-7-8-22-25(31)32-15-34-35(21)22)24(44-27(37)18(3)4)29(13-30,39-6)14-41-16-33-19(5)28(38)42-20-9-11-40-12-10-20/h7-8,15,17-20,23-24,33H,9-12,14,16H2,1-6H3,(H2,31,32,34)/t19-,23-,24-,29+/m0/s1. The van der Waals surface area contributed by atoms with Crippen molar-refractivity contribution in [2.75, 3.05) is 39.4 Å². The van der Waals surface area contributed by atoms with Gasteiger partial charge in [0.25, 0.3) is 0 Å². The zero-order valence-corrected chi connectivity index (χ0v) is 26.0. The highest BCUT2D eigenvalue weighted by atomic mass is 16.6. The summed E-state index contributed by atoms with van der Waals surface area (Å²) in [6.45, 7) is 8.59. The Morgan fingerprint density at radius 1 is 1.11 bits per heavy atom. The molecule has 3 heterocycles. The van der Waals surface area contributed by atoms with Gasteiger partial charge in [-0.3, -0.25) is 19.7 Å². The minimum atomic E-state index is -1.98. The number of anilines is 1. The first kappa shape index (κ1) is 34.6. The molecule has 2 aromatic heterocycles. The van der Waals surface area contributed by atoms with Crippen LogP contribution in [0.1, 0.15) is 59.3 Å². The molecule has 0 aromatic carbocycles. The number of ether oxygens (including phenoxy) is 6. The minimum absolute atomic E-state index is 0.160. The summed E-state index contributed by atoms with van der Waals surface area (Å²) in [6.07, 6.45) is -0.647. The number of nitrogens with one attached hydrogen (secondary N) is 1. The Labute approximate surface area is 256 Å². The summed E-state index contributed by atoms with van der Waals surface area (Å²) in [6, 6.07) is 4.55. The van der Waals surface area contributed by atoms with Gasteiger partial charge in [-0.15, -0.1) is 0 Å². The number of methoxy groups -OCH3 is 1. The van der Waals surface area contributed by atoms with Crippen LogP contribution in [-0.4, -0.2) is 90.0 Å². The summed E-state index contributed by atoms with van der Waals surface area (Å²) >= 11 is 0. The van der Waals surface area contributed by atoms with Gasteiger partial charge in [-0.2, -0.15) is 10.4 Å². The van der Waals surface area contributed by atoms with Crippen molar-refractivity contribution in [2.24, 2.45) is 11.8 Å². The van der Waals surface area contributed by atoms with E-state index in [4.69, 9.17) is 34.2 Å². The molecular weight excluding hydrogens is 576 g/mol. The second-order valence-corrected chi connectivity index (χ2v) is 11.1. The van der Waals surface area contributed by atoms with E-state index in [1.807, 2.05) is 0 Å². The maximum atomic E-state index is 13.0. The number of nitrogens with two attached hydrogens (primary N) is 1. The molecular formula is C29H42N6O9. The van der Waals surface area contributed by atoms with E-state index >= 15 is 0 Å². The van der Waals surface area contributed by atoms with Crippen LogP contribution >= 0.6 is 0 Å². The molecule has 0 spiro atoms. The molecule has 2 aromatic rings. The van der Waals surface area contributed by atoms with E-state index in [0.29, 0.717) is 31.6 Å². The Balaban J connectivity index is 1.89. The maximum Gasteiger partial charge on any atom is 0.323 e. The Hall–Kier alpha value is -3.84. The highest BCUT2D eigenvalue weighted by molar-refractivity contribution is 5.75. The molecule has 0 amide bonds. The fraction of sp³-hybridized carbons (Fsp3) is 0.655. The summed E-state index contributed by atoms with van der Waals surface area (Å²) in [5.74, 6) is -2.75. The van der Waals surface area contributed by atoms with Crippen LogP contribution in [0.15, 0.2) is 18.5 Å². The van der Waals surface area contributed by atoms with E-state index in [9.17, 15) is 19.6 Å². The average Bonchev–Trinajstić information content (AvgIpc) is 3.44. The number of hydrogen-bond acceptors (Lipinski definition) is 14. The predicted molar refractivity (Wildman–Crippen MR) is 154 cm³/mol. The monoisotopic (exact) mass is 618 g/mol. The lowest BCUT2D eigenvalue weighted by Gasteiger charge is -2.37. The molecule has 1 fully saturated rings. The van der Waals surface area contributed by atoms with Crippen molar-refractivity contribution >= 4 is 29.2 Å². The van der Waals surface area contributed by atoms with Crippen LogP contribution in [0.3, 0.4) is 0 Å². The van der Waals surface area contributed by atoms with Gasteiger partial charge >= 0.3 is 17.9 Å². The van der Waals surface area contributed by atoms with Gasteiger partial charge in [-0.1, -0.05) is 27.7 Å². The van der Waals surface area contributed by atoms with E-state index in [-0.39, 0.29) is 24.3 Å². The average molecular weight is 619 g/mol. The highest BCUT2D eigenvalue weighted by Crippen LogP contribution is 2.35. The fourth-order valence-electron chi connectivity index (χ4n) is 4.32. The summed E-state index contributed by atoms with van der Waals surface area (Å²) in [4.78, 5) is 42.5. The quantitative estimate of drug-likeness (QED) is 0.126. The van der Waals surface area contributed by atoms with Crippen molar-refractivity contribution < 1.29 is 42.8 Å². The van der Waals surface area contributed by atoms with Crippen LogP contribution in [0.5, 0.6) is 0 Å². The van der Waals surface area contributed by atoms with E-state index in [2.05, 4.69) is 21.5 Å². The highest BCUT2D eigenvalue weighted by Gasteiger charge is 2.51. The Kier molecular flexibility index (Phi) is 12.4.